The molecule has 3 saturated carbocycles. The largest absolute Gasteiger partial charge is 0.481 e. The Morgan fingerprint density at radius 3 is 2.27 bits per heavy atom. The molecule has 4 heteroatoms. The van der Waals surface area contributed by atoms with Crippen molar-refractivity contribution in [3.05, 3.63) is 0 Å². The molecule has 0 aliphatic heterocycles. The van der Waals surface area contributed by atoms with Gasteiger partial charge in [-0.15, -0.1) is 0 Å². The van der Waals surface area contributed by atoms with E-state index in [1.54, 1.807) is 0 Å². The van der Waals surface area contributed by atoms with Crippen LogP contribution in [0.15, 0.2) is 0 Å². The minimum Gasteiger partial charge on any atom is -0.481 e. The first-order valence-electron chi connectivity index (χ1n) is 12.2. The van der Waals surface area contributed by atoms with Crippen LogP contribution in [-0.2, 0) is 4.79 Å². The van der Waals surface area contributed by atoms with Crippen molar-refractivity contribution in [3.8, 4) is 0 Å². The van der Waals surface area contributed by atoms with Crippen molar-refractivity contribution in [1.29, 1.82) is 0 Å². The molecule has 3 aliphatic rings. The summed E-state index contributed by atoms with van der Waals surface area (Å²) < 4.78 is 0. The number of rotatable bonds is 7. The van der Waals surface area contributed by atoms with Crippen LogP contribution in [0.25, 0.3) is 0 Å². The van der Waals surface area contributed by atoms with E-state index in [4.69, 9.17) is 5.11 Å². The lowest BCUT2D eigenvalue weighted by Crippen LogP contribution is -2.55. The summed E-state index contributed by atoms with van der Waals surface area (Å²) >= 11 is 0. The van der Waals surface area contributed by atoms with Crippen molar-refractivity contribution >= 4 is 5.97 Å². The van der Waals surface area contributed by atoms with Gasteiger partial charge in [-0.2, -0.15) is 0 Å². The summed E-state index contributed by atoms with van der Waals surface area (Å²) in [5.41, 5.74) is 0.146. The zero-order valence-electron chi connectivity index (χ0n) is 19.1. The summed E-state index contributed by atoms with van der Waals surface area (Å²) in [6.07, 6.45) is 10.1. The third kappa shape index (κ3) is 4.60. The molecule has 0 amide bonds. The number of aliphatic hydroxyl groups is 2. The predicted molar refractivity (Wildman–Crippen MR) is 122 cm³/mol. The van der Waals surface area contributed by atoms with Gasteiger partial charge in [0.05, 0.1) is 12.2 Å². The molecule has 7 atom stereocenters. The molecule has 0 bridgehead atoms. The lowest BCUT2D eigenvalue weighted by molar-refractivity contribution is -0.145. The molecule has 0 radical (unpaired) electrons. The Kier molecular flexibility index (Phi) is 8.46. The van der Waals surface area contributed by atoms with Crippen LogP contribution in [0.5, 0.6) is 0 Å². The van der Waals surface area contributed by atoms with Crippen molar-refractivity contribution < 1.29 is 20.1 Å². The Bertz CT molecular complexity index is 567. The van der Waals surface area contributed by atoms with E-state index in [0.29, 0.717) is 36.0 Å². The summed E-state index contributed by atoms with van der Waals surface area (Å²) in [5.74, 6) is 1.77. The number of fused-ring (bicyclic) bond motifs is 1. The highest BCUT2D eigenvalue weighted by molar-refractivity contribution is 5.66. The molecule has 2 unspecified atom stereocenters. The lowest BCUT2D eigenvalue weighted by Gasteiger charge is -2.58. The van der Waals surface area contributed by atoms with Gasteiger partial charge < -0.3 is 15.3 Å². The van der Waals surface area contributed by atoms with Crippen LogP contribution in [0.1, 0.15) is 106 Å². The number of carbonyl (C=O) groups is 1. The average Bonchev–Trinajstić information content (AvgIpc) is 3.03. The molecule has 0 spiro atoms. The standard InChI is InChI=1S/C25H44O4.CH4/c1-5-6-18-20-9-8-19(16(2)7-10-23(28)29)25(20,4)22(27)15-21(18)24(3)13-11-17(26)12-14-24;/h16-22,26-27H,5-15H2,1-4H3,(H,28,29);1H4/t16-,17?,18+,19?,20?,21+,22+,24?,25-;/m1./s1. The zero-order chi connectivity index (χ0) is 21.4. The number of aliphatic carboxylic acids is 1. The molecule has 3 aliphatic carbocycles. The number of hydrogen-bond acceptors (Lipinski definition) is 3. The fourth-order valence-electron chi connectivity index (χ4n) is 8.00. The zero-order valence-corrected chi connectivity index (χ0v) is 19.1. The van der Waals surface area contributed by atoms with E-state index in [2.05, 4.69) is 27.7 Å². The molecule has 3 fully saturated rings. The fourth-order valence-corrected chi connectivity index (χ4v) is 8.00. The summed E-state index contributed by atoms with van der Waals surface area (Å²) in [5, 5.41) is 30.7. The van der Waals surface area contributed by atoms with Crippen LogP contribution < -0.4 is 0 Å². The van der Waals surface area contributed by atoms with Gasteiger partial charge in [0.25, 0.3) is 0 Å². The average molecular weight is 425 g/mol. The summed E-state index contributed by atoms with van der Waals surface area (Å²) in [7, 11) is 0. The minimum atomic E-state index is -0.711. The molecule has 0 saturated heterocycles. The molecule has 0 aromatic rings. The lowest BCUT2D eigenvalue weighted by atomic mass is 9.48. The van der Waals surface area contributed by atoms with Crippen molar-refractivity contribution in [1.82, 2.24) is 0 Å². The van der Waals surface area contributed by atoms with Crippen molar-refractivity contribution in [3.63, 3.8) is 0 Å². The second-order valence-electron chi connectivity index (χ2n) is 11.3. The third-order valence-corrected chi connectivity index (χ3v) is 9.73. The molecule has 3 N–H and O–H groups in total. The molecule has 30 heavy (non-hydrogen) atoms. The molecule has 4 nitrogen and oxygen atoms in total. The van der Waals surface area contributed by atoms with E-state index in [9.17, 15) is 15.0 Å². The normalized spacial score (nSPS) is 44.7. The van der Waals surface area contributed by atoms with Crippen LogP contribution in [0.2, 0.25) is 0 Å². The highest BCUT2D eigenvalue weighted by atomic mass is 16.4. The van der Waals surface area contributed by atoms with Gasteiger partial charge in [0, 0.05) is 6.42 Å². The van der Waals surface area contributed by atoms with E-state index in [0.717, 1.165) is 38.5 Å². The van der Waals surface area contributed by atoms with Gasteiger partial charge in [0.2, 0.25) is 0 Å². The second-order valence-corrected chi connectivity index (χ2v) is 11.3. The SMILES string of the molecule is C.CCC[C@H]1C2CCC([C@H](C)CCC(=O)O)[C@@]2(C)[C@@H](O)C[C@@H]1C1(C)CCC(O)CC1. The highest BCUT2D eigenvalue weighted by Gasteiger charge is 2.61. The van der Waals surface area contributed by atoms with Crippen LogP contribution >= 0.6 is 0 Å². The van der Waals surface area contributed by atoms with E-state index in [1.165, 1.54) is 19.3 Å². The number of aliphatic hydroxyl groups excluding tert-OH is 2. The van der Waals surface area contributed by atoms with Gasteiger partial charge in [-0.3, -0.25) is 4.79 Å². The molecule has 176 valence electrons. The Hall–Kier alpha value is -0.610. The van der Waals surface area contributed by atoms with E-state index in [-0.39, 0.29) is 36.9 Å². The van der Waals surface area contributed by atoms with Gasteiger partial charge >= 0.3 is 5.97 Å². The summed E-state index contributed by atoms with van der Waals surface area (Å²) in [6, 6.07) is 0. The first-order chi connectivity index (χ1) is 13.6. The van der Waals surface area contributed by atoms with E-state index in [1.807, 2.05) is 0 Å². The van der Waals surface area contributed by atoms with Crippen molar-refractivity contribution in [2.24, 2.45) is 40.4 Å². The number of carboxylic acids is 1. The molecule has 0 heterocycles. The van der Waals surface area contributed by atoms with Crippen LogP contribution in [-0.4, -0.2) is 33.5 Å². The second kappa shape index (κ2) is 9.90. The Morgan fingerprint density at radius 1 is 1.07 bits per heavy atom. The molecule has 0 aromatic heterocycles. The van der Waals surface area contributed by atoms with Gasteiger partial charge in [-0.1, -0.05) is 48.0 Å². The van der Waals surface area contributed by atoms with Crippen LogP contribution in [0, 0.1) is 40.4 Å². The van der Waals surface area contributed by atoms with Gasteiger partial charge in [-0.25, -0.2) is 0 Å². The van der Waals surface area contributed by atoms with Crippen molar-refractivity contribution in [2.45, 2.75) is 118 Å². The van der Waals surface area contributed by atoms with Crippen LogP contribution in [0.4, 0.5) is 0 Å². The topological polar surface area (TPSA) is 77.8 Å². The minimum absolute atomic E-state index is 0. The first-order valence-corrected chi connectivity index (χ1v) is 12.2. The first kappa shape index (κ1) is 25.6. The molecular weight excluding hydrogens is 376 g/mol. The van der Waals surface area contributed by atoms with Gasteiger partial charge in [0.1, 0.15) is 0 Å². The quantitative estimate of drug-likeness (QED) is 0.476. The molecule has 0 aromatic carbocycles. The summed E-state index contributed by atoms with van der Waals surface area (Å²) in [4.78, 5) is 11.1. The van der Waals surface area contributed by atoms with E-state index < -0.39 is 5.97 Å². The Balaban J connectivity index is 0.00000320. The van der Waals surface area contributed by atoms with Gasteiger partial charge in [0.15, 0.2) is 0 Å². The fraction of sp³-hybridized carbons (Fsp3) is 0.962. The maximum Gasteiger partial charge on any atom is 0.303 e. The van der Waals surface area contributed by atoms with E-state index >= 15 is 0 Å². The molecule has 3 rings (SSSR count). The summed E-state index contributed by atoms with van der Waals surface area (Å²) in [6.45, 7) is 9.24. The van der Waals surface area contributed by atoms with Crippen molar-refractivity contribution in [2.75, 3.05) is 0 Å². The maximum atomic E-state index is 11.5. The number of carboxylic acid groups (broad SMARTS) is 1. The number of hydrogen-bond donors (Lipinski definition) is 3. The third-order valence-electron chi connectivity index (χ3n) is 9.73. The van der Waals surface area contributed by atoms with Gasteiger partial charge in [-0.05, 0) is 91.8 Å². The Morgan fingerprint density at radius 2 is 1.70 bits per heavy atom. The Labute approximate surface area is 184 Å². The highest BCUT2D eigenvalue weighted by Crippen LogP contribution is 2.65. The monoisotopic (exact) mass is 424 g/mol. The maximum absolute atomic E-state index is 11.5. The molecular formula is C26H48O4. The smallest absolute Gasteiger partial charge is 0.303 e. The predicted octanol–water partition coefficient (Wildman–Crippen LogP) is 5.89. The van der Waals surface area contributed by atoms with Crippen LogP contribution in [0.3, 0.4) is 0 Å².